The van der Waals surface area contributed by atoms with Crippen LogP contribution in [-0.2, 0) is 4.79 Å². The molecule has 2 aliphatic carbocycles. The van der Waals surface area contributed by atoms with Crippen LogP contribution >= 0.6 is 0 Å². The van der Waals surface area contributed by atoms with Gasteiger partial charge >= 0.3 is 0 Å². The molecule has 0 bridgehead atoms. The molecule has 0 radical (unpaired) electrons. The van der Waals surface area contributed by atoms with E-state index in [4.69, 9.17) is 5.73 Å². The smallest absolute Gasteiger partial charge is 0.224 e. The molecule has 3 N–H and O–H groups in total. The highest BCUT2D eigenvalue weighted by Gasteiger charge is 2.26. The average Bonchev–Trinajstić information content (AvgIpc) is 3.01. The summed E-state index contributed by atoms with van der Waals surface area (Å²) < 4.78 is 1.96. The van der Waals surface area contributed by atoms with Crippen LogP contribution in [0, 0.1) is 5.92 Å². The number of anilines is 2. The number of rotatable bonds is 4. The number of hydrogen-bond acceptors (Lipinski definition) is 6. The minimum atomic E-state index is -0.0318. The number of allylic oxidation sites excluding steroid dienone is 2. The molecule has 2 aliphatic rings. The standard InChI is InChI=1S/C14H16N6O/c15-14-18-12(17-9-2-3-9)11-13(19-14)20(7-16-11)10-4-1-8(5-10)6-21/h1,4,6-10H,2-3,5H2,(H3,15,17,18,19)/t8-,10+/m1/s1. The summed E-state index contributed by atoms with van der Waals surface area (Å²) in [5.41, 5.74) is 7.27. The lowest BCUT2D eigenvalue weighted by atomic mass is 10.1. The van der Waals surface area contributed by atoms with Gasteiger partial charge in [-0.05, 0) is 19.3 Å². The van der Waals surface area contributed by atoms with Gasteiger partial charge in [-0.1, -0.05) is 12.2 Å². The molecule has 2 aromatic heterocycles. The van der Waals surface area contributed by atoms with Crippen molar-refractivity contribution in [3.8, 4) is 0 Å². The number of nitrogens with zero attached hydrogens (tertiary/aromatic N) is 4. The fraction of sp³-hybridized carbons (Fsp3) is 0.429. The molecular formula is C14H16N6O. The van der Waals surface area contributed by atoms with E-state index in [2.05, 4.69) is 20.3 Å². The third kappa shape index (κ3) is 2.14. The summed E-state index contributed by atoms with van der Waals surface area (Å²) in [7, 11) is 0. The maximum atomic E-state index is 10.9. The minimum absolute atomic E-state index is 0.0318. The number of nitrogens with one attached hydrogen (secondary N) is 1. The molecule has 0 aromatic carbocycles. The fourth-order valence-corrected chi connectivity index (χ4v) is 2.71. The van der Waals surface area contributed by atoms with E-state index < -0.39 is 0 Å². The first kappa shape index (κ1) is 12.3. The van der Waals surface area contributed by atoms with E-state index in [-0.39, 0.29) is 17.9 Å². The first-order valence-corrected chi connectivity index (χ1v) is 7.15. The Morgan fingerprint density at radius 3 is 2.90 bits per heavy atom. The molecule has 1 saturated carbocycles. The van der Waals surface area contributed by atoms with Gasteiger partial charge in [-0.3, -0.25) is 0 Å². The highest BCUT2D eigenvalue weighted by Crippen LogP contribution is 2.32. The minimum Gasteiger partial charge on any atom is -0.368 e. The molecule has 0 unspecified atom stereocenters. The molecular weight excluding hydrogens is 268 g/mol. The van der Waals surface area contributed by atoms with Crippen LogP contribution in [0.1, 0.15) is 25.3 Å². The predicted octanol–water partition coefficient (Wildman–Crippen LogP) is 1.30. The molecule has 0 aliphatic heterocycles. The Kier molecular flexibility index (Phi) is 2.66. The van der Waals surface area contributed by atoms with Crippen molar-refractivity contribution in [2.24, 2.45) is 5.92 Å². The fourth-order valence-electron chi connectivity index (χ4n) is 2.71. The summed E-state index contributed by atoms with van der Waals surface area (Å²) in [5.74, 6) is 0.907. The summed E-state index contributed by atoms with van der Waals surface area (Å²) >= 11 is 0. The first-order valence-electron chi connectivity index (χ1n) is 7.15. The van der Waals surface area contributed by atoms with Crippen molar-refractivity contribution in [1.29, 1.82) is 0 Å². The van der Waals surface area contributed by atoms with Gasteiger partial charge in [-0.25, -0.2) is 4.98 Å². The van der Waals surface area contributed by atoms with Crippen molar-refractivity contribution in [2.75, 3.05) is 11.1 Å². The zero-order valence-corrected chi connectivity index (χ0v) is 11.4. The van der Waals surface area contributed by atoms with Crippen molar-refractivity contribution >= 4 is 29.2 Å². The Hall–Kier alpha value is -2.44. The van der Waals surface area contributed by atoms with Gasteiger partial charge in [0.1, 0.15) is 6.29 Å². The summed E-state index contributed by atoms with van der Waals surface area (Å²) in [4.78, 5) is 23.9. The number of nitrogens with two attached hydrogens (primary N) is 1. The number of carbonyl (C=O) groups is 1. The summed E-state index contributed by atoms with van der Waals surface area (Å²) in [6.45, 7) is 0. The van der Waals surface area contributed by atoms with E-state index in [1.54, 1.807) is 6.33 Å². The normalized spacial score (nSPS) is 24.6. The van der Waals surface area contributed by atoms with Crippen LogP contribution in [0.4, 0.5) is 11.8 Å². The Bertz CT molecular complexity index is 732. The van der Waals surface area contributed by atoms with Crippen molar-refractivity contribution < 1.29 is 4.79 Å². The third-order valence-electron chi connectivity index (χ3n) is 3.98. The number of aromatic nitrogens is 4. The largest absolute Gasteiger partial charge is 0.368 e. The molecule has 2 heterocycles. The maximum absolute atomic E-state index is 10.9. The molecule has 2 atom stereocenters. The second kappa shape index (κ2) is 4.54. The van der Waals surface area contributed by atoms with Crippen LogP contribution in [0.3, 0.4) is 0 Å². The molecule has 0 spiro atoms. The summed E-state index contributed by atoms with van der Waals surface area (Å²) in [6, 6.07) is 0.562. The van der Waals surface area contributed by atoms with Gasteiger partial charge in [-0.2, -0.15) is 9.97 Å². The number of hydrogen-bond donors (Lipinski definition) is 2. The van der Waals surface area contributed by atoms with Gasteiger partial charge in [0.25, 0.3) is 0 Å². The monoisotopic (exact) mass is 284 g/mol. The number of fused-ring (bicyclic) bond motifs is 1. The van der Waals surface area contributed by atoms with Crippen molar-refractivity contribution in [3.63, 3.8) is 0 Å². The van der Waals surface area contributed by atoms with E-state index in [9.17, 15) is 4.79 Å². The van der Waals surface area contributed by atoms with E-state index in [0.29, 0.717) is 17.5 Å². The first-order chi connectivity index (χ1) is 10.2. The molecule has 7 heteroatoms. The molecule has 0 amide bonds. The van der Waals surface area contributed by atoms with Crippen LogP contribution in [-0.4, -0.2) is 31.8 Å². The maximum Gasteiger partial charge on any atom is 0.224 e. The van der Waals surface area contributed by atoms with Crippen LogP contribution in [0.5, 0.6) is 0 Å². The molecule has 4 rings (SSSR count). The van der Waals surface area contributed by atoms with E-state index >= 15 is 0 Å². The lowest BCUT2D eigenvalue weighted by Gasteiger charge is -2.12. The van der Waals surface area contributed by atoms with Gasteiger partial charge < -0.3 is 20.4 Å². The predicted molar refractivity (Wildman–Crippen MR) is 78.7 cm³/mol. The van der Waals surface area contributed by atoms with Gasteiger partial charge in [0.2, 0.25) is 5.95 Å². The van der Waals surface area contributed by atoms with E-state index in [1.807, 2.05) is 16.7 Å². The van der Waals surface area contributed by atoms with Crippen molar-refractivity contribution in [1.82, 2.24) is 19.5 Å². The lowest BCUT2D eigenvalue weighted by Crippen LogP contribution is -2.10. The summed E-state index contributed by atoms with van der Waals surface area (Å²) in [6.07, 6.45) is 9.71. The third-order valence-corrected chi connectivity index (χ3v) is 3.98. The SMILES string of the molecule is Nc1nc(NC2CC2)c2ncn([C@H]3C=C[C@@H](C=O)C3)c2n1. The van der Waals surface area contributed by atoms with Crippen molar-refractivity contribution in [3.05, 3.63) is 18.5 Å². The Morgan fingerprint density at radius 1 is 1.33 bits per heavy atom. The highest BCUT2D eigenvalue weighted by molar-refractivity contribution is 5.84. The van der Waals surface area contributed by atoms with Gasteiger partial charge in [0.15, 0.2) is 17.0 Å². The Morgan fingerprint density at radius 2 is 2.19 bits per heavy atom. The molecule has 1 fully saturated rings. The van der Waals surface area contributed by atoms with Gasteiger partial charge in [0.05, 0.1) is 12.4 Å². The van der Waals surface area contributed by atoms with Crippen LogP contribution < -0.4 is 11.1 Å². The average molecular weight is 284 g/mol. The topological polar surface area (TPSA) is 98.7 Å². The molecule has 21 heavy (non-hydrogen) atoms. The van der Waals surface area contributed by atoms with Crippen LogP contribution in [0.15, 0.2) is 18.5 Å². The Balaban J connectivity index is 1.75. The van der Waals surface area contributed by atoms with Crippen LogP contribution in [0.2, 0.25) is 0 Å². The number of nitrogen functional groups attached to an aromatic ring is 1. The zero-order chi connectivity index (χ0) is 14.4. The van der Waals surface area contributed by atoms with E-state index in [1.165, 1.54) is 0 Å². The van der Waals surface area contributed by atoms with Gasteiger partial charge in [-0.15, -0.1) is 0 Å². The lowest BCUT2D eigenvalue weighted by molar-refractivity contribution is -0.110. The molecule has 2 aromatic rings. The quantitative estimate of drug-likeness (QED) is 0.648. The molecule has 0 saturated heterocycles. The second-order valence-electron chi connectivity index (χ2n) is 5.66. The number of aldehydes is 1. The van der Waals surface area contributed by atoms with E-state index in [0.717, 1.165) is 31.1 Å². The molecule has 108 valence electrons. The Labute approximate surface area is 121 Å². The van der Waals surface area contributed by atoms with Gasteiger partial charge in [0, 0.05) is 12.0 Å². The summed E-state index contributed by atoms with van der Waals surface area (Å²) in [5, 5.41) is 3.34. The van der Waals surface area contributed by atoms with Crippen molar-refractivity contribution in [2.45, 2.75) is 31.3 Å². The second-order valence-corrected chi connectivity index (χ2v) is 5.66. The highest BCUT2D eigenvalue weighted by atomic mass is 16.1. The number of carbonyl (C=O) groups excluding carboxylic acids is 1. The number of imidazole rings is 1. The van der Waals surface area contributed by atoms with Crippen LogP contribution in [0.25, 0.3) is 11.2 Å². The molecule has 7 nitrogen and oxygen atoms in total. The zero-order valence-electron chi connectivity index (χ0n) is 11.4.